The van der Waals surface area contributed by atoms with Gasteiger partial charge in [-0.15, -0.1) is 0 Å². The Morgan fingerprint density at radius 2 is 1.90 bits per heavy atom. The smallest absolute Gasteiger partial charge is 0.398 e. The van der Waals surface area contributed by atoms with Gasteiger partial charge in [-0.3, -0.25) is 0 Å². The summed E-state index contributed by atoms with van der Waals surface area (Å²) < 4.78 is 75.6. The predicted octanol–water partition coefficient (Wildman–Crippen LogP) is 2.76. The first-order chi connectivity index (χ1) is 9.58. The zero-order valence-electron chi connectivity index (χ0n) is 11.3. The molecule has 1 aromatic carbocycles. The Labute approximate surface area is 120 Å². The van der Waals surface area contributed by atoms with Crippen LogP contribution in [0.4, 0.5) is 23.2 Å². The van der Waals surface area contributed by atoms with Gasteiger partial charge >= 0.3 is 6.18 Å². The van der Waals surface area contributed by atoms with E-state index in [0.29, 0.717) is 12.5 Å². The number of hydrogen-bond donors (Lipinski definition) is 1. The molecule has 0 fully saturated rings. The van der Waals surface area contributed by atoms with Crippen LogP contribution in [0.1, 0.15) is 19.8 Å². The molecule has 0 aliphatic rings. The molecule has 1 aromatic rings. The van der Waals surface area contributed by atoms with Crippen LogP contribution in [0.3, 0.4) is 0 Å². The third kappa shape index (κ3) is 4.85. The molecule has 120 valence electrons. The Bertz CT molecular complexity index is 587. The maximum atomic E-state index is 13.2. The fourth-order valence-corrected chi connectivity index (χ4v) is 3.28. The molecule has 0 aliphatic heterocycles. The topological polar surface area (TPSA) is 63.4 Å². The van der Waals surface area contributed by atoms with Crippen LogP contribution in [0.5, 0.6) is 0 Å². The Balaban J connectivity index is 3.22. The summed E-state index contributed by atoms with van der Waals surface area (Å²) in [7, 11) is -4.51. The number of nitrogens with two attached hydrogens (primary N) is 1. The minimum Gasteiger partial charge on any atom is -0.398 e. The van der Waals surface area contributed by atoms with Gasteiger partial charge in [-0.25, -0.2) is 12.8 Å². The van der Waals surface area contributed by atoms with Crippen LogP contribution in [0.2, 0.25) is 0 Å². The number of nitrogens with zero attached hydrogens (tertiary/aromatic N) is 1. The van der Waals surface area contributed by atoms with Gasteiger partial charge in [0.2, 0.25) is 10.0 Å². The lowest BCUT2D eigenvalue weighted by atomic mass is 10.3. The summed E-state index contributed by atoms with van der Waals surface area (Å²) in [5, 5.41) is 0. The molecule has 9 heteroatoms. The van der Waals surface area contributed by atoms with E-state index in [-0.39, 0.29) is 23.0 Å². The summed E-state index contributed by atoms with van der Waals surface area (Å²) in [6.45, 7) is -0.228. The summed E-state index contributed by atoms with van der Waals surface area (Å²) in [6.07, 6.45) is -3.92. The lowest BCUT2D eigenvalue weighted by Gasteiger charge is -2.23. The van der Waals surface area contributed by atoms with E-state index in [1.807, 2.05) is 0 Å². The van der Waals surface area contributed by atoms with E-state index in [4.69, 9.17) is 5.73 Å². The number of benzene rings is 1. The van der Waals surface area contributed by atoms with Crippen molar-refractivity contribution in [3.8, 4) is 0 Å². The van der Waals surface area contributed by atoms with Crippen LogP contribution in [-0.4, -0.2) is 32.0 Å². The Morgan fingerprint density at radius 3 is 2.43 bits per heavy atom. The highest BCUT2D eigenvalue weighted by Gasteiger charge is 2.37. The van der Waals surface area contributed by atoms with E-state index < -0.39 is 33.5 Å². The highest BCUT2D eigenvalue weighted by molar-refractivity contribution is 7.89. The highest BCUT2D eigenvalue weighted by atomic mass is 32.2. The molecule has 0 atom stereocenters. The van der Waals surface area contributed by atoms with E-state index in [1.54, 1.807) is 6.92 Å². The molecule has 0 radical (unpaired) electrons. The average molecular weight is 328 g/mol. The maximum absolute atomic E-state index is 13.2. The number of hydrogen-bond acceptors (Lipinski definition) is 3. The van der Waals surface area contributed by atoms with Gasteiger partial charge in [0.15, 0.2) is 0 Å². The van der Waals surface area contributed by atoms with Gasteiger partial charge in [0, 0.05) is 6.54 Å². The van der Waals surface area contributed by atoms with E-state index in [1.165, 1.54) is 0 Å². The summed E-state index contributed by atoms with van der Waals surface area (Å²) in [6, 6.07) is 2.57. The SMILES string of the molecule is CCCCN(CC(F)(F)F)S(=O)(=O)c1cc(F)ccc1N. The van der Waals surface area contributed by atoms with Crippen molar-refractivity contribution in [2.24, 2.45) is 0 Å². The quantitative estimate of drug-likeness (QED) is 0.645. The first kappa shape index (κ1) is 17.7. The number of alkyl halides is 3. The summed E-state index contributed by atoms with van der Waals surface area (Å²) in [5.41, 5.74) is 5.16. The van der Waals surface area contributed by atoms with Gasteiger partial charge in [-0.05, 0) is 24.6 Å². The molecule has 2 N–H and O–H groups in total. The first-order valence-corrected chi connectivity index (χ1v) is 7.64. The normalized spacial score (nSPS) is 12.9. The third-order valence-corrected chi connectivity index (χ3v) is 4.61. The van der Waals surface area contributed by atoms with Crippen molar-refractivity contribution in [2.45, 2.75) is 30.8 Å². The van der Waals surface area contributed by atoms with Crippen LogP contribution in [0.25, 0.3) is 0 Å². The van der Waals surface area contributed by atoms with Gasteiger partial charge in [0.25, 0.3) is 0 Å². The van der Waals surface area contributed by atoms with Crippen LogP contribution < -0.4 is 5.73 Å². The molecule has 0 aromatic heterocycles. The van der Waals surface area contributed by atoms with Crippen LogP contribution in [0, 0.1) is 5.82 Å². The van der Waals surface area contributed by atoms with Crippen LogP contribution >= 0.6 is 0 Å². The van der Waals surface area contributed by atoms with Crippen molar-refractivity contribution >= 4 is 15.7 Å². The number of sulfonamides is 1. The van der Waals surface area contributed by atoms with E-state index in [0.717, 1.165) is 12.1 Å². The van der Waals surface area contributed by atoms with Gasteiger partial charge in [0.05, 0.1) is 5.69 Å². The second-order valence-corrected chi connectivity index (χ2v) is 6.40. The molecule has 0 unspecified atom stereocenters. The highest BCUT2D eigenvalue weighted by Crippen LogP contribution is 2.27. The zero-order chi connectivity index (χ0) is 16.3. The van der Waals surface area contributed by atoms with Crippen molar-refractivity contribution < 1.29 is 26.0 Å². The Hall–Kier alpha value is -1.35. The number of anilines is 1. The summed E-state index contributed by atoms with van der Waals surface area (Å²) >= 11 is 0. The van der Waals surface area contributed by atoms with Crippen LogP contribution in [0.15, 0.2) is 23.1 Å². The minimum atomic E-state index is -4.69. The van der Waals surface area contributed by atoms with E-state index in [2.05, 4.69) is 0 Å². The standard InChI is InChI=1S/C12H16F4N2O2S/c1-2-3-6-18(8-12(14,15)16)21(19,20)11-7-9(13)4-5-10(11)17/h4-5,7H,2-3,6,8,17H2,1H3. The molecule has 4 nitrogen and oxygen atoms in total. The van der Waals surface area contributed by atoms with Gasteiger partial charge < -0.3 is 5.73 Å². The largest absolute Gasteiger partial charge is 0.402 e. The van der Waals surface area contributed by atoms with Crippen LogP contribution in [-0.2, 0) is 10.0 Å². The lowest BCUT2D eigenvalue weighted by molar-refractivity contribution is -0.136. The summed E-state index contributed by atoms with van der Waals surface area (Å²) in [5.74, 6) is -0.884. The van der Waals surface area contributed by atoms with Gasteiger partial charge in [0.1, 0.15) is 17.3 Å². The number of rotatable bonds is 6. The second kappa shape index (κ2) is 6.61. The molecule has 0 saturated heterocycles. The lowest BCUT2D eigenvalue weighted by Crippen LogP contribution is -2.39. The van der Waals surface area contributed by atoms with Gasteiger partial charge in [-0.2, -0.15) is 17.5 Å². The molecule has 0 spiro atoms. The molecule has 0 aliphatic carbocycles. The predicted molar refractivity (Wildman–Crippen MR) is 70.5 cm³/mol. The molecule has 21 heavy (non-hydrogen) atoms. The van der Waals surface area contributed by atoms with Gasteiger partial charge in [-0.1, -0.05) is 13.3 Å². The van der Waals surface area contributed by atoms with Crippen molar-refractivity contribution in [1.82, 2.24) is 4.31 Å². The number of nitrogen functional groups attached to an aromatic ring is 1. The second-order valence-electron chi connectivity index (χ2n) is 4.49. The molecular formula is C12H16F4N2O2S. The molecule has 0 heterocycles. The molecular weight excluding hydrogens is 312 g/mol. The average Bonchev–Trinajstić information content (AvgIpc) is 2.35. The number of halogens is 4. The fourth-order valence-electron chi connectivity index (χ4n) is 1.69. The van der Waals surface area contributed by atoms with Crippen molar-refractivity contribution in [3.63, 3.8) is 0 Å². The minimum absolute atomic E-state index is 0.254. The molecule has 0 amide bonds. The fraction of sp³-hybridized carbons (Fsp3) is 0.500. The van der Waals surface area contributed by atoms with E-state index in [9.17, 15) is 26.0 Å². The Kier molecular flexibility index (Phi) is 5.57. The Morgan fingerprint density at radius 1 is 1.29 bits per heavy atom. The number of unbranched alkanes of at least 4 members (excludes halogenated alkanes) is 1. The maximum Gasteiger partial charge on any atom is 0.402 e. The summed E-state index contributed by atoms with van der Waals surface area (Å²) in [4.78, 5) is -0.650. The first-order valence-electron chi connectivity index (χ1n) is 6.20. The zero-order valence-corrected chi connectivity index (χ0v) is 12.1. The molecule has 1 rings (SSSR count). The monoisotopic (exact) mass is 328 g/mol. The van der Waals surface area contributed by atoms with Crippen molar-refractivity contribution in [3.05, 3.63) is 24.0 Å². The molecule has 0 bridgehead atoms. The van der Waals surface area contributed by atoms with E-state index >= 15 is 0 Å². The molecule has 0 saturated carbocycles. The third-order valence-electron chi connectivity index (χ3n) is 2.71. The van der Waals surface area contributed by atoms with Crippen molar-refractivity contribution in [2.75, 3.05) is 18.8 Å². The van der Waals surface area contributed by atoms with Crippen molar-refractivity contribution in [1.29, 1.82) is 0 Å².